The Hall–Kier alpha value is -1.07. The number of nitrogens with one attached hydrogen (secondary N) is 2. The van der Waals surface area contributed by atoms with Gasteiger partial charge in [0.25, 0.3) is 0 Å². The molecule has 5 heteroatoms. The van der Waals surface area contributed by atoms with Gasteiger partial charge in [-0.15, -0.1) is 0 Å². The summed E-state index contributed by atoms with van der Waals surface area (Å²) in [4.78, 5) is 7.01. The summed E-state index contributed by atoms with van der Waals surface area (Å²) in [6.07, 6.45) is 4.86. The van der Waals surface area contributed by atoms with Crippen molar-refractivity contribution in [1.82, 2.24) is 15.5 Å². The van der Waals surface area contributed by atoms with E-state index in [9.17, 15) is 0 Å². The molecule has 1 heterocycles. The normalized spacial score (nSPS) is 21.4. The molecule has 1 saturated carbocycles. The highest BCUT2D eigenvalue weighted by Crippen LogP contribution is 2.49. The minimum absolute atomic E-state index is 0.263. The van der Waals surface area contributed by atoms with Crippen molar-refractivity contribution in [2.75, 3.05) is 26.7 Å². The van der Waals surface area contributed by atoms with Crippen LogP contribution in [0.15, 0.2) is 33.7 Å². The first-order valence-corrected chi connectivity index (χ1v) is 10.3. The van der Waals surface area contributed by atoms with Crippen molar-refractivity contribution < 1.29 is 0 Å². The number of benzene rings is 1. The van der Waals surface area contributed by atoms with Gasteiger partial charge in [-0.3, -0.25) is 4.99 Å². The molecule has 0 unspecified atom stereocenters. The van der Waals surface area contributed by atoms with Crippen LogP contribution in [0.2, 0.25) is 0 Å². The third-order valence-electron chi connectivity index (χ3n) is 5.72. The standard InChI is InChI=1S/C20H31BrN4/c1-15(2)25-12-8-16(9-13-25)24-19(22-3)23-14-20(10-11-20)17-6-4-5-7-18(17)21/h4-7,15-16H,8-14H2,1-3H3,(H2,22,23,24). The zero-order valence-electron chi connectivity index (χ0n) is 15.7. The van der Waals surface area contributed by atoms with E-state index >= 15 is 0 Å². The molecule has 0 radical (unpaired) electrons. The molecule has 138 valence electrons. The van der Waals surface area contributed by atoms with E-state index in [4.69, 9.17) is 0 Å². The van der Waals surface area contributed by atoms with Gasteiger partial charge in [0.15, 0.2) is 5.96 Å². The molecule has 3 rings (SSSR count). The van der Waals surface area contributed by atoms with Crippen molar-refractivity contribution in [2.24, 2.45) is 4.99 Å². The highest BCUT2D eigenvalue weighted by atomic mass is 79.9. The summed E-state index contributed by atoms with van der Waals surface area (Å²) in [6, 6.07) is 9.79. The molecule has 0 atom stereocenters. The fraction of sp³-hybridized carbons (Fsp3) is 0.650. The van der Waals surface area contributed by atoms with Gasteiger partial charge in [-0.25, -0.2) is 0 Å². The van der Waals surface area contributed by atoms with E-state index in [1.807, 2.05) is 7.05 Å². The van der Waals surface area contributed by atoms with Crippen LogP contribution in [0.3, 0.4) is 0 Å². The second-order valence-electron chi connectivity index (χ2n) is 7.73. The van der Waals surface area contributed by atoms with Crippen LogP contribution in [-0.2, 0) is 5.41 Å². The molecule has 2 aliphatic rings. The molecular formula is C20H31BrN4. The van der Waals surface area contributed by atoms with Crippen LogP contribution in [0, 0.1) is 0 Å². The van der Waals surface area contributed by atoms with Crippen LogP contribution >= 0.6 is 15.9 Å². The van der Waals surface area contributed by atoms with Crippen molar-refractivity contribution in [1.29, 1.82) is 0 Å². The minimum atomic E-state index is 0.263. The Bertz CT molecular complexity index is 601. The molecule has 25 heavy (non-hydrogen) atoms. The van der Waals surface area contributed by atoms with Gasteiger partial charge in [0.1, 0.15) is 0 Å². The molecule has 2 fully saturated rings. The number of hydrogen-bond acceptors (Lipinski definition) is 2. The average Bonchev–Trinajstić information content (AvgIpc) is 3.40. The largest absolute Gasteiger partial charge is 0.356 e. The van der Waals surface area contributed by atoms with Crippen molar-refractivity contribution in [3.05, 3.63) is 34.3 Å². The smallest absolute Gasteiger partial charge is 0.191 e. The Labute approximate surface area is 160 Å². The van der Waals surface area contributed by atoms with Crippen LogP contribution in [0.4, 0.5) is 0 Å². The Morgan fingerprint density at radius 2 is 1.96 bits per heavy atom. The summed E-state index contributed by atoms with van der Waals surface area (Å²) in [6.45, 7) is 7.86. The molecular weight excluding hydrogens is 376 g/mol. The number of aliphatic imine (C=N–C) groups is 1. The van der Waals surface area contributed by atoms with Crippen LogP contribution in [0.1, 0.15) is 45.1 Å². The summed E-state index contributed by atoms with van der Waals surface area (Å²) in [5, 5.41) is 7.22. The lowest BCUT2D eigenvalue weighted by atomic mass is 9.96. The van der Waals surface area contributed by atoms with Gasteiger partial charge in [0.05, 0.1) is 0 Å². The van der Waals surface area contributed by atoms with Gasteiger partial charge in [-0.05, 0) is 51.2 Å². The lowest BCUT2D eigenvalue weighted by Gasteiger charge is -2.35. The first-order valence-electron chi connectivity index (χ1n) is 9.50. The Morgan fingerprint density at radius 1 is 1.28 bits per heavy atom. The molecule has 0 bridgehead atoms. The van der Waals surface area contributed by atoms with Crippen molar-refractivity contribution in [3.63, 3.8) is 0 Å². The van der Waals surface area contributed by atoms with E-state index in [0.29, 0.717) is 12.1 Å². The quantitative estimate of drug-likeness (QED) is 0.580. The molecule has 2 N–H and O–H groups in total. The molecule has 1 aromatic carbocycles. The van der Waals surface area contributed by atoms with E-state index in [0.717, 1.165) is 12.5 Å². The van der Waals surface area contributed by atoms with Crippen LogP contribution in [0.5, 0.6) is 0 Å². The maximum atomic E-state index is 4.45. The maximum Gasteiger partial charge on any atom is 0.191 e. The maximum absolute atomic E-state index is 4.45. The zero-order valence-corrected chi connectivity index (χ0v) is 17.3. The minimum Gasteiger partial charge on any atom is -0.356 e. The number of halogens is 1. The lowest BCUT2D eigenvalue weighted by molar-refractivity contribution is 0.167. The molecule has 0 spiro atoms. The Kier molecular flexibility index (Phi) is 6.05. The highest BCUT2D eigenvalue weighted by Gasteiger charge is 2.45. The van der Waals surface area contributed by atoms with Gasteiger partial charge in [0, 0.05) is 48.7 Å². The van der Waals surface area contributed by atoms with E-state index in [2.05, 4.69) is 74.6 Å². The van der Waals surface area contributed by atoms with Gasteiger partial charge >= 0.3 is 0 Å². The molecule has 4 nitrogen and oxygen atoms in total. The second kappa shape index (κ2) is 8.09. The molecule has 0 aromatic heterocycles. The Balaban J connectivity index is 1.51. The molecule has 1 aromatic rings. The van der Waals surface area contributed by atoms with E-state index in [1.54, 1.807) is 0 Å². The second-order valence-corrected chi connectivity index (χ2v) is 8.59. The number of nitrogens with zero attached hydrogens (tertiary/aromatic N) is 2. The molecule has 0 amide bonds. The predicted molar refractivity (Wildman–Crippen MR) is 109 cm³/mol. The van der Waals surface area contributed by atoms with Crippen molar-refractivity contribution in [2.45, 2.75) is 57.0 Å². The van der Waals surface area contributed by atoms with Gasteiger partial charge in [-0.2, -0.15) is 0 Å². The number of piperidine rings is 1. The van der Waals surface area contributed by atoms with E-state index < -0.39 is 0 Å². The SMILES string of the molecule is CN=C(NCC1(c2ccccc2Br)CC1)NC1CCN(C(C)C)CC1. The van der Waals surface area contributed by atoms with Crippen LogP contribution in [-0.4, -0.2) is 49.6 Å². The Morgan fingerprint density at radius 3 is 2.52 bits per heavy atom. The van der Waals surface area contributed by atoms with Crippen molar-refractivity contribution >= 4 is 21.9 Å². The highest BCUT2D eigenvalue weighted by molar-refractivity contribution is 9.10. The van der Waals surface area contributed by atoms with Gasteiger partial charge < -0.3 is 15.5 Å². The fourth-order valence-corrected chi connectivity index (χ4v) is 4.49. The predicted octanol–water partition coefficient (Wildman–Crippen LogP) is 3.52. The molecule has 1 aliphatic carbocycles. The van der Waals surface area contributed by atoms with E-state index in [-0.39, 0.29) is 5.41 Å². The number of guanidine groups is 1. The van der Waals surface area contributed by atoms with Crippen LogP contribution in [0.25, 0.3) is 0 Å². The molecule has 1 aliphatic heterocycles. The summed E-state index contributed by atoms with van der Waals surface area (Å²) >= 11 is 3.71. The lowest BCUT2D eigenvalue weighted by Crippen LogP contribution is -2.50. The van der Waals surface area contributed by atoms with Crippen molar-refractivity contribution in [3.8, 4) is 0 Å². The summed E-state index contributed by atoms with van der Waals surface area (Å²) in [5.74, 6) is 0.946. The first kappa shape index (κ1) is 18.7. The van der Waals surface area contributed by atoms with Crippen LogP contribution < -0.4 is 10.6 Å². The number of rotatable bonds is 5. The van der Waals surface area contributed by atoms with E-state index in [1.165, 1.54) is 48.8 Å². The summed E-state index contributed by atoms with van der Waals surface area (Å²) in [5.41, 5.74) is 1.68. The topological polar surface area (TPSA) is 39.7 Å². The zero-order chi connectivity index (χ0) is 17.9. The third-order valence-corrected chi connectivity index (χ3v) is 6.41. The summed E-state index contributed by atoms with van der Waals surface area (Å²) < 4.78 is 1.22. The number of likely N-dealkylation sites (tertiary alicyclic amines) is 1. The first-order chi connectivity index (χ1) is 12.0. The van der Waals surface area contributed by atoms with Gasteiger partial charge in [-0.1, -0.05) is 34.1 Å². The van der Waals surface area contributed by atoms with Gasteiger partial charge in [0.2, 0.25) is 0 Å². The fourth-order valence-electron chi connectivity index (χ4n) is 3.78. The molecule has 1 saturated heterocycles. The number of hydrogen-bond donors (Lipinski definition) is 2. The summed E-state index contributed by atoms with van der Waals surface area (Å²) in [7, 11) is 1.87. The average molecular weight is 407 g/mol. The third kappa shape index (κ3) is 4.56. The monoisotopic (exact) mass is 406 g/mol.